The normalized spacial score (nSPS) is 12.7. The number of esters is 1. The Hall–Kier alpha value is -0.480. The van der Waals surface area contributed by atoms with E-state index in [0.717, 1.165) is 11.3 Å². The maximum Gasteiger partial charge on any atom is 0.348 e. The second-order valence-corrected chi connectivity index (χ2v) is 9.26. The van der Waals surface area contributed by atoms with Gasteiger partial charge in [-0.2, -0.15) is 4.31 Å². The van der Waals surface area contributed by atoms with Crippen molar-refractivity contribution in [3.8, 4) is 0 Å². The number of aliphatic hydroxyl groups is 1. The third-order valence-electron chi connectivity index (χ3n) is 2.58. The summed E-state index contributed by atoms with van der Waals surface area (Å²) >= 11 is 4.16. The van der Waals surface area contributed by atoms with Gasteiger partial charge < -0.3 is 9.84 Å². The quantitative estimate of drug-likeness (QED) is 0.740. The first-order valence-corrected chi connectivity index (χ1v) is 9.18. The third-order valence-corrected chi connectivity index (χ3v) is 6.73. The molecule has 0 fully saturated rings. The molecule has 0 aliphatic rings. The topological polar surface area (TPSA) is 83.9 Å². The molecule has 1 N–H and O–H groups in total. The minimum absolute atomic E-state index is 0.000926. The Bertz CT molecular complexity index is 618. The number of nitrogens with zero attached hydrogens (tertiary/aromatic N) is 1. The molecule has 0 aliphatic carbocycles. The number of carbonyl (C=O) groups is 1. The number of thiophene rings is 1. The average Bonchev–Trinajstić information content (AvgIpc) is 2.76. The predicted molar refractivity (Wildman–Crippen MR) is 84.1 cm³/mol. The van der Waals surface area contributed by atoms with Crippen LogP contribution in [0.3, 0.4) is 0 Å². The second kappa shape index (κ2) is 6.74. The molecule has 1 aromatic rings. The SMILES string of the molecule is CCN(CC(C)(C)O)S(=O)(=O)c1cc(C(=O)OC)sc1Br. The van der Waals surface area contributed by atoms with Crippen LogP contribution >= 0.6 is 27.3 Å². The lowest BCUT2D eigenvalue weighted by Gasteiger charge is -2.27. The molecule has 0 aliphatic heterocycles. The van der Waals surface area contributed by atoms with Crippen LogP contribution in [0.5, 0.6) is 0 Å². The van der Waals surface area contributed by atoms with E-state index in [2.05, 4.69) is 20.7 Å². The van der Waals surface area contributed by atoms with Crippen LogP contribution in [0.15, 0.2) is 14.7 Å². The van der Waals surface area contributed by atoms with Gasteiger partial charge in [-0.05, 0) is 35.8 Å². The van der Waals surface area contributed by atoms with Gasteiger partial charge in [-0.15, -0.1) is 11.3 Å². The number of methoxy groups -OCH3 is 1. The van der Waals surface area contributed by atoms with E-state index in [9.17, 15) is 18.3 Å². The van der Waals surface area contributed by atoms with Crippen molar-refractivity contribution in [3.63, 3.8) is 0 Å². The lowest BCUT2D eigenvalue weighted by molar-refractivity contribution is 0.0595. The van der Waals surface area contributed by atoms with E-state index in [1.807, 2.05) is 0 Å². The minimum atomic E-state index is -3.81. The highest BCUT2D eigenvalue weighted by Gasteiger charge is 2.32. The largest absolute Gasteiger partial charge is 0.465 e. The molecule has 0 amide bonds. The average molecular weight is 400 g/mol. The van der Waals surface area contributed by atoms with Gasteiger partial charge in [-0.25, -0.2) is 13.2 Å². The molecular weight excluding hydrogens is 382 g/mol. The van der Waals surface area contributed by atoms with Crippen molar-refractivity contribution in [2.75, 3.05) is 20.2 Å². The van der Waals surface area contributed by atoms with Crippen LogP contribution in [0.2, 0.25) is 0 Å². The molecule has 0 saturated carbocycles. The first-order valence-electron chi connectivity index (χ1n) is 6.13. The Morgan fingerprint density at radius 1 is 1.52 bits per heavy atom. The molecule has 1 heterocycles. The van der Waals surface area contributed by atoms with E-state index in [4.69, 9.17) is 0 Å². The highest BCUT2D eigenvalue weighted by atomic mass is 79.9. The van der Waals surface area contributed by atoms with Crippen LogP contribution in [0, 0.1) is 0 Å². The van der Waals surface area contributed by atoms with Crippen LogP contribution in [0.1, 0.15) is 30.4 Å². The van der Waals surface area contributed by atoms with E-state index in [-0.39, 0.29) is 22.9 Å². The molecule has 6 nitrogen and oxygen atoms in total. The number of ether oxygens (including phenoxy) is 1. The van der Waals surface area contributed by atoms with E-state index in [0.29, 0.717) is 3.79 Å². The zero-order chi connectivity index (χ0) is 16.4. The fraction of sp³-hybridized carbons (Fsp3) is 0.583. The summed E-state index contributed by atoms with van der Waals surface area (Å²) in [6.45, 7) is 4.93. The van der Waals surface area contributed by atoms with Gasteiger partial charge in [0.1, 0.15) is 9.77 Å². The minimum Gasteiger partial charge on any atom is -0.465 e. The molecule has 0 aromatic carbocycles. The van der Waals surface area contributed by atoms with Crippen molar-refractivity contribution >= 4 is 43.3 Å². The molecule has 120 valence electrons. The molecule has 0 atom stereocenters. The third kappa shape index (κ3) is 4.49. The number of likely N-dealkylation sites (N-methyl/N-ethyl adjacent to an activating group) is 1. The van der Waals surface area contributed by atoms with E-state index in [1.54, 1.807) is 6.92 Å². The molecule has 0 bridgehead atoms. The van der Waals surface area contributed by atoms with Crippen molar-refractivity contribution in [2.24, 2.45) is 0 Å². The van der Waals surface area contributed by atoms with Gasteiger partial charge in [0, 0.05) is 13.1 Å². The summed E-state index contributed by atoms with van der Waals surface area (Å²) in [6, 6.07) is 1.28. The van der Waals surface area contributed by atoms with Crippen LogP contribution in [-0.4, -0.2) is 49.6 Å². The smallest absolute Gasteiger partial charge is 0.348 e. The van der Waals surface area contributed by atoms with Gasteiger partial charge in [0.15, 0.2) is 0 Å². The van der Waals surface area contributed by atoms with Gasteiger partial charge in [0.25, 0.3) is 0 Å². The Labute approximate surface area is 136 Å². The Morgan fingerprint density at radius 3 is 2.52 bits per heavy atom. The molecule has 0 spiro atoms. The van der Waals surface area contributed by atoms with Gasteiger partial charge >= 0.3 is 5.97 Å². The summed E-state index contributed by atoms with van der Waals surface area (Å²) in [4.78, 5) is 11.7. The summed E-state index contributed by atoms with van der Waals surface area (Å²) < 4.78 is 31.3. The van der Waals surface area contributed by atoms with Gasteiger partial charge in [-0.1, -0.05) is 6.92 Å². The van der Waals surface area contributed by atoms with Crippen LogP contribution in [0.25, 0.3) is 0 Å². The van der Waals surface area contributed by atoms with Gasteiger partial charge in [0.05, 0.1) is 16.5 Å². The van der Waals surface area contributed by atoms with Crippen molar-refractivity contribution in [2.45, 2.75) is 31.3 Å². The number of hydrogen-bond acceptors (Lipinski definition) is 6. The molecule has 0 saturated heterocycles. The maximum absolute atomic E-state index is 12.6. The first kappa shape index (κ1) is 18.6. The Kier molecular flexibility index (Phi) is 5.96. The highest BCUT2D eigenvalue weighted by molar-refractivity contribution is 9.11. The van der Waals surface area contributed by atoms with E-state index in [1.165, 1.54) is 31.3 Å². The van der Waals surface area contributed by atoms with Crippen molar-refractivity contribution < 1.29 is 23.1 Å². The number of carbonyl (C=O) groups excluding carboxylic acids is 1. The van der Waals surface area contributed by atoms with Crippen molar-refractivity contribution in [3.05, 3.63) is 14.7 Å². The van der Waals surface area contributed by atoms with Crippen molar-refractivity contribution in [1.82, 2.24) is 4.31 Å². The molecule has 1 rings (SSSR count). The maximum atomic E-state index is 12.6. The summed E-state index contributed by atoms with van der Waals surface area (Å²) in [6.07, 6.45) is 0. The van der Waals surface area contributed by atoms with Crippen LogP contribution in [-0.2, 0) is 14.8 Å². The fourth-order valence-corrected chi connectivity index (χ4v) is 5.70. The zero-order valence-corrected chi connectivity index (χ0v) is 15.4. The first-order chi connectivity index (χ1) is 9.52. The summed E-state index contributed by atoms with van der Waals surface area (Å²) in [5.74, 6) is -0.590. The highest BCUT2D eigenvalue weighted by Crippen LogP contribution is 2.34. The number of hydrogen-bond donors (Lipinski definition) is 1. The van der Waals surface area contributed by atoms with Gasteiger partial charge in [-0.3, -0.25) is 0 Å². The molecule has 1 aromatic heterocycles. The zero-order valence-electron chi connectivity index (χ0n) is 12.2. The predicted octanol–water partition coefficient (Wildman–Crippen LogP) is 2.08. The lowest BCUT2D eigenvalue weighted by Crippen LogP contribution is -2.42. The number of sulfonamides is 1. The molecule has 0 unspecified atom stereocenters. The standard InChI is InChI=1S/C12H18BrNO5S2/c1-5-14(7-12(2,3)16)21(17,18)9-6-8(11(15)19-4)20-10(9)13/h6,16H,5,7H2,1-4H3. The molecule has 0 radical (unpaired) electrons. The fourth-order valence-electron chi connectivity index (χ4n) is 1.67. The summed E-state index contributed by atoms with van der Waals surface area (Å²) in [5.41, 5.74) is -1.16. The Balaban J connectivity index is 3.23. The van der Waals surface area contributed by atoms with Crippen LogP contribution < -0.4 is 0 Å². The van der Waals surface area contributed by atoms with Crippen molar-refractivity contribution in [1.29, 1.82) is 0 Å². The Morgan fingerprint density at radius 2 is 2.10 bits per heavy atom. The molecular formula is C12H18BrNO5S2. The lowest BCUT2D eigenvalue weighted by atomic mass is 10.1. The number of rotatable bonds is 6. The second-order valence-electron chi connectivity index (χ2n) is 4.98. The summed E-state index contributed by atoms with van der Waals surface area (Å²) in [7, 11) is -2.57. The number of halogens is 1. The molecule has 9 heteroatoms. The molecule has 21 heavy (non-hydrogen) atoms. The monoisotopic (exact) mass is 399 g/mol. The summed E-state index contributed by atoms with van der Waals surface area (Å²) in [5, 5.41) is 9.84. The van der Waals surface area contributed by atoms with E-state index < -0.39 is 21.6 Å². The van der Waals surface area contributed by atoms with Gasteiger partial charge in [0.2, 0.25) is 10.0 Å². The van der Waals surface area contributed by atoms with Crippen LogP contribution in [0.4, 0.5) is 0 Å². The van der Waals surface area contributed by atoms with E-state index >= 15 is 0 Å².